The number of aromatic amines is 1. The van der Waals surface area contributed by atoms with Crippen LogP contribution in [0.25, 0.3) is 17.0 Å². The van der Waals surface area contributed by atoms with E-state index in [1.54, 1.807) is 0 Å². The van der Waals surface area contributed by atoms with Gasteiger partial charge in [0, 0.05) is 49.7 Å². The van der Waals surface area contributed by atoms with Gasteiger partial charge in [-0.1, -0.05) is 60.7 Å². The molecule has 0 unspecified atom stereocenters. The Labute approximate surface area is 163 Å². The third kappa shape index (κ3) is 4.05. The standard InChI is InChI=1S/C23H23N3O2/c27-22-17-20(19-10-4-5-11-21(19)24-22)23(28)26-15-13-25(14-16-26)12-6-9-18-7-2-1-3-8-18/h1-11,17H,12-16H2,(H,24,27)/b9-6+. The Kier molecular flexibility index (Phi) is 5.35. The summed E-state index contributed by atoms with van der Waals surface area (Å²) in [6.07, 6.45) is 4.29. The second-order valence-corrected chi connectivity index (χ2v) is 7.00. The van der Waals surface area contributed by atoms with Crippen molar-refractivity contribution in [3.63, 3.8) is 0 Å². The summed E-state index contributed by atoms with van der Waals surface area (Å²) in [4.78, 5) is 31.9. The fourth-order valence-electron chi connectivity index (χ4n) is 3.59. The minimum atomic E-state index is -0.244. The fraction of sp³-hybridized carbons (Fsp3) is 0.217. The molecule has 1 aliphatic heterocycles. The molecular formula is C23H23N3O2. The van der Waals surface area contributed by atoms with Crippen LogP contribution in [-0.2, 0) is 0 Å². The molecule has 0 saturated carbocycles. The zero-order valence-electron chi connectivity index (χ0n) is 15.7. The lowest BCUT2D eigenvalue weighted by Gasteiger charge is -2.34. The van der Waals surface area contributed by atoms with Gasteiger partial charge in [0.25, 0.3) is 5.91 Å². The Hall–Kier alpha value is -3.18. The van der Waals surface area contributed by atoms with Crippen molar-refractivity contribution in [3.05, 3.63) is 88.2 Å². The van der Waals surface area contributed by atoms with Crippen LogP contribution in [0.15, 0.2) is 71.5 Å². The van der Waals surface area contributed by atoms with Crippen molar-refractivity contribution >= 4 is 22.9 Å². The average Bonchev–Trinajstić information content (AvgIpc) is 2.74. The van der Waals surface area contributed by atoms with E-state index in [1.807, 2.05) is 47.4 Å². The van der Waals surface area contributed by atoms with Crippen molar-refractivity contribution in [2.24, 2.45) is 0 Å². The van der Waals surface area contributed by atoms with Crippen LogP contribution in [-0.4, -0.2) is 53.4 Å². The molecule has 3 aromatic rings. The maximum absolute atomic E-state index is 13.0. The Bertz CT molecular complexity index is 1050. The number of amides is 1. The van der Waals surface area contributed by atoms with Crippen LogP contribution in [0, 0.1) is 0 Å². The molecule has 4 rings (SSSR count). The minimum Gasteiger partial charge on any atom is -0.336 e. The van der Waals surface area contributed by atoms with Gasteiger partial charge in [-0.3, -0.25) is 14.5 Å². The molecule has 0 atom stereocenters. The van der Waals surface area contributed by atoms with Crippen molar-refractivity contribution in [2.75, 3.05) is 32.7 Å². The lowest BCUT2D eigenvalue weighted by molar-refractivity contribution is 0.0652. The molecule has 2 heterocycles. The van der Waals surface area contributed by atoms with Crippen LogP contribution in [0.3, 0.4) is 0 Å². The van der Waals surface area contributed by atoms with Gasteiger partial charge >= 0.3 is 0 Å². The van der Waals surface area contributed by atoms with Crippen LogP contribution < -0.4 is 5.56 Å². The highest BCUT2D eigenvalue weighted by Gasteiger charge is 2.23. The maximum atomic E-state index is 13.0. The molecule has 5 nitrogen and oxygen atoms in total. The Balaban J connectivity index is 1.39. The van der Waals surface area contributed by atoms with Crippen LogP contribution in [0.2, 0.25) is 0 Å². The van der Waals surface area contributed by atoms with Crippen LogP contribution in [0.4, 0.5) is 0 Å². The number of nitrogens with zero attached hydrogens (tertiary/aromatic N) is 2. The second-order valence-electron chi connectivity index (χ2n) is 7.00. The molecule has 1 aromatic heterocycles. The van der Waals surface area contributed by atoms with Gasteiger partial charge in [0.2, 0.25) is 5.56 Å². The van der Waals surface area contributed by atoms with E-state index in [0.29, 0.717) is 24.2 Å². The molecule has 0 spiro atoms. The average molecular weight is 373 g/mol. The number of nitrogens with one attached hydrogen (secondary N) is 1. The van der Waals surface area contributed by atoms with E-state index in [1.165, 1.54) is 11.6 Å². The highest BCUT2D eigenvalue weighted by atomic mass is 16.2. The van der Waals surface area contributed by atoms with Crippen molar-refractivity contribution in [1.29, 1.82) is 0 Å². The third-order valence-corrected chi connectivity index (χ3v) is 5.11. The summed E-state index contributed by atoms with van der Waals surface area (Å²) >= 11 is 0. The Morgan fingerprint density at radius 2 is 1.68 bits per heavy atom. The van der Waals surface area contributed by atoms with Crippen LogP contribution in [0.5, 0.6) is 0 Å². The number of carbonyl (C=O) groups excluding carboxylic acids is 1. The van der Waals surface area contributed by atoms with Crippen LogP contribution >= 0.6 is 0 Å². The first-order valence-corrected chi connectivity index (χ1v) is 9.56. The minimum absolute atomic E-state index is 0.0678. The molecule has 1 N–H and O–H groups in total. The SMILES string of the molecule is O=C(c1cc(=O)[nH]c2ccccc12)N1CCN(C/C=C/c2ccccc2)CC1. The van der Waals surface area contributed by atoms with Gasteiger partial charge in [-0.15, -0.1) is 0 Å². The predicted molar refractivity (Wildman–Crippen MR) is 112 cm³/mol. The monoisotopic (exact) mass is 373 g/mol. The molecule has 1 fully saturated rings. The number of H-pyrrole nitrogens is 1. The van der Waals surface area contributed by atoms with Gasteiger partial charge in [0.05, 0.1) is 5.56 Å². The molecule has 142 valence electrons. The number of hydrogen-bond donors (Lipinski definition) is 1. The molecular weight excluding hydrogens is 350 g/mol. The number of hydrogen-bond acceptors (Lipinski definition) is 3. The quantitative estimate of drug-likeness (QED) is 0.765. The van der Waals surface area contributed by atoms with Crippen molar-refractivity contribution in [1.82, 2.24) is 14.8 Å². The smallest absolute Gasteiger partial charge is 0.254 e. The molecule has 0 radical (unpaired) electrons. The molecule has 28 heavy (non-hydrogen) atoms. The number of piperazine rings is 1. The second kappa shape index (κ2) is 8.23. The van der Waals surface area contributed by atoms with Crippen molar-refractivity contribution < 1.29 is 4.79 Å². The van der Waals surface area contributed by atoms with E-state index < -0.39 is 0 Å². The van der Waals surface area contributed by atoms with Gasteiger partial charge in [0.15, 0.2) is 0 Å². The third-order valence-electron chi connectivity index (χ3n) is 5.11. The van der Waals surface area contributed by atoms with E-state index in [9.17, 15) is 9.59 Å². The zero-order chi connectivity index (χ0) is 19.3. The van der Waals surface area contributed by atoms with Crippen LogP contribution in [0.1, 0.15) is 15.9 Å². The number of benzene rings is 2. The Morgan fingerprint density at radius 3 is 2.46 bits per heavy atom. The first-order valence-electron chi connectivity index (χ1n) is 9.56. The summed E-state index contributed by atoms with van der Waals surface area (Å²) in [5.74, 6) is -0.0678. The summed E-state index contributed by atoms with van der Waals surface area (Å²) < 4.78 is 0. The molecule has 0 aliphatic carbocycles. The Morgan fingerprint density at radius 1 is 0.964 bits per heavy atom. The maximum Gasteiger partial charge on any atom is 0.254 e. The van der Waals surface area contributed by atoms with E-state index in [4.69, 9.17) is 0 Å². The summed E-state index contributed by atoms with van der Waals surface area (Å²) in [5, 5.41) is 0.792. The van der Waals surface area contributed by atoms with E-state index >= 15 is 0 Å². The number of rotatable bonds is 4. The van der Waals surface area contributed by atoms with E-state index in [0.717, 1.165) is 25.0 Å². The molecule has 1 saturated heterocycles. The number of fused-ring (bicyclic) bond motifs is 1. The molecule has 2 aromatic carbocycles. The lowest BCUT2D eigenvalue weighted by atomic mass is 10.1. The summed E-state index contributed by atoms with van der Waals surface area (Å²) in [5.41, 5.74) is 2.13. The highest BCUT2D eigenvalue weighted by Crippen LogP contribution is 2.17. The van der Waals surface area contributed by atoms with E-state index in [2.05, 4.69) is 34.2 Å². The van der Waals surface area contributed by atoms with Gasteiger partial charge < -0.3 is 9.88 Å². The highest BCUT2D eigenvalue weighted by molar-refractivity contribution is 6.05. The van der Waals surface area contributed by atoms with Gasteiger partial charge in [-0.2, -0.15) is 0 Å². The normalized spacial score (nSPS) is 15.4. The molecule has 1 aliphatic rings. The predicted octanol–water partition coefficient (Wildman–Crippen LogP) is 3.00. The number of aromatic nitrogens is 1. The lowest BCUT2D eigenvalue weighted by Crippen LogP contribution is -2.48. The zero-order valence-corrected chi connectivity index (χ0v) is 15.7. The summed E-state index contributed by atoms with van der Waals surface area (Å²) in [6.45, 7) is 3.85. The number of para-hydroxylation sites is 1. The van der Waals surface area contributed by atoms with Gasteiger partial charge in [-0.05, 0) is 11.6 Å². The topological polar surface area (TPSA) is 56.4 Å². The first kappa shape index (κ1) is 18.2. The van der Waals surface area contributed by atoms with Crippen molar-refractivity contribution in [3.8, 4) is 0 Å². The first-order chi connectivity index (χ1) is 13.7. The van der Waals surface area contributed by atoms with Crippen molar-refractivity contribution in [2.45, 2.75) is 0 Å². The number of carbonyl (C=O) groups is 1. The summed E-state index contributed by atoms with van der Waals surface area (Å²) in [7, 11) is 0. The van der Waals surface area contributed by atoms with Gasteiger partial charge in [0.1, 0.15) is 0 Å². The molecule has 1 amide bonds. The summed E-state index contributed by atoms with van der Waals surface area (Å²) in [6, 6.07) is 19.1. The fourth-order valence-corrected chi connectivity index (χ4v) is 3.59. The molecule has 5 heteroatoms. The van der Waals surface area contributed by atoms with Gasteiger partial charge in [-0.25, -0.2) is 0 Å². The largest absolute Gasteiger partial charge is 0.336 e. The van der Waals surface area contributed by atoms with E-state index in [-0.39, 0.29) is 11.5 Å². The number of pyridine rings is 1. The molecule has 0 bridgehead atoms.